The van der Waals surface area contributed by atoms with E-state index in [2.05, 4.69) is 16.2 Å². The molecule has 0 amide bonds. The summed E-state index contributed by atoms with van der Waals surface area (Å²) in [4.78, 5) is 19.8. The summed E-state index contributed by atoms with van der Waals surface area (Å²) in [6.07, 6.45) is 0. The van der Waals surface area contributed by atoms with Crippen molar-refractivity contribution in [1.82, 2.24) is 3.92 Å². The Morgan fingerprint density at radius 2 is 1.50 bits per heavy atom. The summed E-state index contributed by atoms with van der Waals surface area (Å²) in [6, 6.07) is 0. The van der Waals surface area contributed by atoms with Crippen LogP contribution < -0.4 is 0 Å². The van der Waals surface area contributed by atoms with Crippen LogP contribution in [0, 0.1) is 0 Å². The van der Waals surface area contributed by atoms with Gasteiger partial charge in [-0.2, -0.15) is 0 Å². The third-order valence-corrected chi connectivity index (χ3v) is 0.955. The molecule has 0 aliphatic heterocycles. The van der Waals surface area contributed by atoms with E-state index >= 15 is 0 Å². The van der Waals surface area contributed by atoms with Crippen molar-refractivity contribution in [3.8, 4) is 0 Å². The van der Waals surface area contributed by atoms with Gasteiger partial charge in [-0.25, -0.2) is 0 Å². The quantitative estimate of drug-likeness (QED) is 0.548. The fraction of sp³-hybridized carbons (Fsp3) is 0.500. The maximum atomic E-state index is 9.92. The van der Waals surface area contributed by atoms with Gasteiger partial charge in [0, 0.05) is 0 Å². The van der Waals surface area contributed by atoms with Crippen molar-refractivity contribution in [2.45, 2.75) is 0 Å². The molecule has 0 rings (SSSR count). The van der Waals surface area contributed by atoms with E-state index in [4.69, 9.17) is 10.2 Å². The molecule has 0 atom stereocenters. The summed E-state index contributed by atoms with van der Waals surface area (Å²) in [5.74, 6) is -2.17. The van der Waals surface area contributed by atoms with Crippen LogP contribution in [-0.2, 0) is 25.8 Å². The molecule has 2 N–H and O–H groups in total. The molecule has 0 spiro atoms. The summed E-state index contributed by atoms with van der Waals surface area (Å²) in [6.45, 7) is -0.710. The third-order valence-electron chi connectivity index (χ3n) is 0.606. The number of hydrogen-bond acceptors (Lipinski definition) is 3. The van der Waals surface area contributed by atoms with Crippen LogP contribution in [0.25, 0.3) is 0 Å². The topological polar surface area (TPSA) is 77.8 Å². The molecule has 0 saturated heterocycles. The van der Waals surface area contributed by atoms with E-state index < -0.39 is 11.9 Å². The second kappa shape index (κ2) is 4.27. The first-order valence-corrected chi connectivity index (χ1v) is 2.85. The van der Waals surface area contributed by atoms with E-state index in [1.165, 1.54) is 0 Å². The van der Waals surface area contributed by atoms with Crippen molar-refractivity contribution in [3.05, 3.63) is 0 Å². The molecule has 0 aliphatic carbocycles. The number of carbonyl (C=O) groups is 2. The second-order valence-electron chi connectivity index (χ2n) is 1.55. The maximum absolute atomic E-state index is 9.92. The molecular weight excluding hydrogens is 182 g/mol. The van der Waals surface area contributed by atoms with Crippen molar-refractivity contribution in [1.29, 1.82) is 0 Å². The zero-order chi connectivity index (χ0) is 8.15. The standard InChI is InChI=1S/C4H6NO4.Fe/c6-3(7)1-5-2-4(8)9;/h1-2H2,(H,6,7)(H,8,9);/q-1;+1. The number of rotatable bonds is 4. The molecule has 0 bridgehead atoms. The molecule has 0 aromatic carbocycles. The minimum absolute atomic E-state index is 0.355. The van der Waals surface area contributed by atoms with Crippen molar-refractivity contribution >= 4 is 11.9 Å². The van der Waals surface area contributed by atoms with Gasteiger partial charge in [0.05, 0.1) is 0 Å². The molecule has 0 aromatic rings. The molecule has 59 valence electrons. The molecular formula is C4H6FeNO4. The van der Waals surface area contributed by atoms with Crippen molar-refractivity contribution in [2.24, 2.45) is 0 Å². The van der Waals surface area contributed by atoms with E-state index in [1.54, 1.807) is 0 Å². The molecule has 0 unspecified atom stereocenters. The molecule has 0 radical (unpaired) electrons. The van der Waals surface area contributed by atoms with Crippen LogP contribution in [-0.4, -0.2) is 39.2 Å². The summed E-state index contributed by atoms with van der Waals surface area (Å²) in [7, 11) is 0. The van der Waals surface area contributed by atoms with Crippen LogP contribution in [0.1, 0.15) is 0 Å². The zero-order valence-electron chi connectivity index (χ0n) is 4.93. The fourth-order valence-electron chi connectivity index (χ4n) is 0.343. The Labute approximate surface area is 65.7 Å². The molecule has 0 heterocycles. The summed E-state index contributed by atoms with van der Waals surface area (Å²) < 4.78 is 0.949. The normalized spacial score (nSPS) is 9.80. The van der Waals surface area contributed by atoms with Gasteiger partial charge in [0.25, 0.3) is 0 Å². The first-order valence-electron chi connectivity index (χ1n) is 2.35. The second-order valence-corrected chi connectivity index (χ2v) is 2.25. The first-order chi connectivity index (χ1) is 4.52. The average Bonchev–Trinajstić information content (AvgIpc) is 1.58. The predicted octanol–water partition coefficient (Wildman–Crippen LogP) is -1.08. The Morgan fingerprint density at radius 3 is 1.70 bits per heavy atom. The van der Waals surface area contributed by atoms with E-state index in [1.807, 2.05) is 0 Å². The molecule has 6 heteroatoms. The Balaban J connectivity index is 3.53. The molecule has 0 aliphatic rings. The first kappa shape index (κ1) is 9.42. The number of hydrogen-bond donors (Lipinski definition) is 2. The molecule has 10 heavy (non-hydrogen) atoms. The van der Waals surface area contributed by atoms with Gasteiger partial charge in [-0.1, -0.05) is 0 Å². The van der Waals surface area contributed by atoms with Crippen LogP contribution in [0.5, 0.6) is 0 Å². The SMILES string of the molecule is O=C(O)C[N]([Fe])CC(=O)O. The summed E-state index contributed by atoms with van der Waals surface area (Å²) in [5, 5.41) is 16.2. The minimum atomic E-state index is -1.09. The fourth-order valence-corrected chi connectivity index (χ4v) is 0.642. The average molecular weight is 188 g/mol. The van der Waals surface area contributed by atoms with Crippen LogP contribution >= 0.6 is 0 Å². The van der Waals surface area contributed by atoms with E-state index in [0.717, 1.165) is 3.92 Å². The zero-order valence-corrected chi connectivity index (χ0v) is 6.03. The van der Waals surface area contributed by atoms with E-state index in [-0.39, 0.29) is 13.1 Å². The molecule has 0 aromatic heterocycles. The Hall–Kier alpha value is -0.581. The summed E-state index contributed by atoms with van der Waals surface area (Å²) >= 11 is 3.19. The Morgan fingerprint density at radius 1 is 1.20 bits per heavy atom. The Kier molecular flexibility index (Phi) is 4.02. The predicted molar refractivity (Wildman–Crippen MR) is 26.8 cm³/mol. The van der Waals surface area contributed by atoms with E-state index in [9.17, 15) is 9.59 Å². The number of nitrogens with zero attached hydrogens (tertiary/aromatic N) is 1. The van der Waals surface area contributed by atoms with Gasteiger partial charge in [-0.05, 0) is 0 Å². The van der Waals surface area contributed by atoms with Crippen molar-refractivity contribution in [2.75, 3.05) is 13.1 Å². The summed E-state index contributed by atoms with van der Waals surface area (Å²) in [5.41, 5.74) is 0. The van der Waals surface area contributed by atoms with Gasteiger partial charge in [0.2, 0.25) is 0 Å². The van der Waals surface area contributed by atoms with Crippen LogP contribution in [0.4, 0.5) is 0 Å². The van der Waals surface area contributed by atoms with Gasteiger partial charge in [-0.3, -0.25) is 0 Å². The Bertz CT molecular complexity index is 132. The van der Waals surface area contributed by atoms with Crippen LogP contribution in [0.3, 0.4) is 0 Å². The molecule has 0 fully saturated rings. The van der Waals surface area contributed by atoms with E-state index in [0.29, 0.717) is 0 Å². The molecule has 5 nitrogen and oxygen atoms in total. The third kappa shape index (κ3) is 5.55. The molecule has 0 saturated carbocycles. The van der Waals surface area contributed by atoms with Crippen molar-refractivity contribution in [3.63, 3.8) is 0 Å². The van der Waals surface area contributed by atoms with Gasteiger partial charge in [-0.15, -0.1) is 0 Å². The van der Waals surface area contributed by atoms with Gasteiger partial charge in [0.15, 0.2) is 0 Å². The number of aliphatic carboxylic acids is 2. The van der Waals surface area contributed by atoms with Gasteiger partial charge >= 0.3 is 65.0 Å². The number of carboxylic acid groups (broad SMARTS) is 2. The van der Waals surface area contributed by atoms with Crippen LogP contribution in [0.2, 0.25) is 0 Å². The monoisotopic (exact) mass is 188 g/mol. The van der Waals surface area contributed by atoms with Gasteiger partial charge < -0.3 is 0 Å². The van der Waals surface area contributed by atoms with Gasteiger partial charge in [0.1, 0.15) is 0 Å². The number of carboxylic acids is 2. The van der Waals surface area contributed by atoms with Crippen LogP contribution in [0.15, 0.2) is 0 Å². The van der Waals surface area contributed by atoms with Crippen molar-refractivity contribution < 1.29 is 36.0 Å².